The van der Waals surface area contributed by atoms with Gasteiger partial charge in [0, 0.05) is 0 Å². The molecule has 0 fully saturated rings. The van der Waals surface area contributed by atoms with Gasteiger partial charge < -0.3 is 9.47 Å². The van der Waals surface area contributed by atoms with Crippen molar-refractivity contribution in [3.63, 3.8) is 0 Å². The van der Waals surface area contributed by atoms with Crippen LogP contribution in [0, 0.1) is 0 Å². The van der Waals surface area contributed by atoms with Crippen molar-refractivity contribution in [2.75, 3.05) is 0 Å². The lowest BCUT2D eigenvalue weighted by atomic mass is 10.2. The van der Waals surface area contributed by atoms with Crippen LogP contribution in [-0.4, -0.2) is 12.4 Å². The molecular formula is C14H12O4. The van der Waals surface area contributed by atoms with Gasteiger partial charge in [-0.1, -0.05) is 31.4 Å². The molecule has 1 rings (SSSR count). The Morgan fingerprint density at radius 1 is 1.06 bits per heavy atom. The minimum absolute atomic E-state index is 0.125. The third-order valence-corrected chi connectivity index (χ3v) is 1.89. The fourth-order valence-corrected chi connectivity index (χ4v) is 1.07. The summed E-state index contributed by atoms with van der Waals surface area (Å²) in [6.45, 7) is 7.22. The van der Waals surface area contributed by atoms with E-state index < -0.39 is 5.97 Å². The highest BCUT2D eigenvalue weighted by Gasteiger charge is 2.06. The van der Waals surface area contributed by atoms with Gasteiger partial charge in [0.2, 0.25) is 0 Å². The highest BCUT2D eigenvalue weighted by atomic mass is 16.5. The van der Waals surface area contributed by atoms with Crippen LogP contribution < -0.4 is 0 Å². The van der Waals surface area contributed by atoms with E-state index >= 15 is 0 Å². The molecule has 4 heteroatoms. The second-order valence-corrected chi connectivity index (χ2v) is 3.24. The summed E-state index contributed by atoms with van der Waals surface area (Å²) < 4.78 is 9.40. The molecule has 0 atom stereocenters. The molecule has 0 saturated heterocycles. The van der Waals surface area contributed by atoms with Gasteiger partial charge in [0.25, 0.3) is 6.47 Å². The highest BCUT2D eigenvalue weighted by Crippen LogP contribution is 2.06. The molecule has 1 aromatic carbocycles. The normalized spacial score (nSPS) is 9.78. The standard InChI is InChI=1S/C14H12O4/c1-11(17-10-15)8-9-12(2)18-14(16)13-6-4-3-5-7-13/h3-10H,1-2H2/b9-8-. The summed E-state index contributed by atoms with van der Waals surface area (Å²) >= 11 is 0. The Morgan fingerprint density at radius 2 is 1.67 bits per heavy atom. The van der Waals surface area contributed by atoms with E-state index in [4.69, 9.17) is 4.74 Å². The van der Waals surface area contributed by atoms with E-state index in [0.29, 0.717) is 5.56 Å². The molecule has 0 bridgehead atoms. The number of carbonyl (C=O) groups excluding carboxylic acids is 2. The predicted octanol–water partition coefficient (Wildman–Crippen LogP) is 2.60. The number of ether oxygens (including phenoxy) is 2. The Bertz CT molecular complexity index is 486. The second-order valence-electron chi connectivity index (χ2n) is 3.24. The van der Waals surface area contributed by atoms with E-state index in [1.165, 1.54) is 12.2 Å². The molecule has 0 aromatic heterocycles. The SMILES string of the molecule is C=C(/C=C\C(=C)OC(=O)c1ccccc1)OC=O. The molecule has 4 nitrogen and oxygen atoms in total. The number of allylic oxidation sites excluding steroid dienone is 2. The lowest BCUT2D eigenvalue weighted by molar-refractivity contribution is -0.124. The van der Waals surface area contributed by atoms with Crippen molar-refractivity contribution in [1.82, 2.24) is 0 Å². The molecule has 1 aromatic rings. The summed E-state index contributed by atoms with van der Waals surface area (Å²) in [6, 6.07) is 8.53. The van der Waals surface area contributed by atoms with Crippen molar-refractivity contribution in [2.45, 2.75) is 0 Å². The predicted molar refractivity (Wildman–Crippen MR) is 66.4 cm³/mol. The molecule has 18 heavy (non-hydrogen) atoms. The molecule has 0 radical (unpaired) electrons. The van der Waals surface area contributed by atoms with Crippen molar-refractivity contribution in [2.24, 2.45) is 0 Å². The van der Waals surface area contributed by atoms with Crippen LogP contribution in [0.4, 0.5) is 0 Å². The molecule has 0 N–H and O–H groups in total. The quantitative estimate of drug-likeness (QED) is 0.334. The maximum Gasteiger partial charge on any atom is 0.343 e. The maximum atomic E-state index is 11.6. The monoisotopic (exact) mass is 244 g/mol. The Kier molecular flexibility index (Phi) is 5.12. The number of hydrogen-bond acceptors (Lipinski definition) is 4. The van der Waals surface area contributed by atoms with Crippen molar-refractivity contribution in [3.05, 3.63) is 72.7 Å². The molecule has 0 aliphatic carbocycles. The minimum Gasteiger partial charge on any atom is -0.429 e. The summed E-state index contributed by atoms with van der Waals surface area (Å²) in [6.07, 6.45) is 2.75. The number of carbonyl (C=O) groups is 2. The summed E-state index contributed by atoms with van der Waals surface area (Å²) in [7, 11) is 0. The number of esters is 1. The fraction of sp³-hybridized carbons (Fsp3) is 0. The largest absolute Gasteiger partial charge is 0.429 e. The van der Waals surface area contributed by atoms with Gasteiger partial charge in [-0.05, 0) is 24.3 Å². The lowest BCUT2D eigenvalue weighted by Crippen LogP contribution is -2.03. The Hall–Kier alpha value is -2.62. The van der Waals surface area contributed by atoms with Gasteiger partial charge in [-0.15, -0.1) is 0 Å². The van der Waals surface area contributed by atoms with Crippen LogP contribution in [0.5, 0.6) is 0 Å². The topological polar surface area (TPSA) is 52.6 Å². The summed E-state index contributed by atoms with van der Waals surface area (Å²) in [5.74, 6) is -0.256. The first-order valence-corrected chi connectivity index (χ1v) is 5.07. The summed E-state index contributed by atoms with van der Waals surface area (Å²) in [5, 5.41) is 0. The average molecular weight is 244 g/mol. The number of rotatable bonds is 6. The van der Waals surface area contributed by atoms with Crippen LogP contribution in [0.2, 0.25) is 0 Å². The maximum absolute atomic E-state index is 11.6. The van der Waals surface area contributed by atoms with Crippen LogP contribution in [0.1, 0.15) is 10.4 Å². The van der Waals surface area contributed by atoms with E-state index in [9.17, 15) is 9.59 Å². The molecule has 0 spiro atoms. The van der Waals surface area contributed by atoms with Crippen LogP contribution in [0.3, 0.4) is 0 Å². The van der Waals surface area contributed by atoms with Gasteiger partial charge in [-0.2, -0.15) is 0 Å². The number of benzene rings is 1. The number of hydrogen-bond donors (Lipinski definition) is 0. The van der Waals surface area contributed by atoms with E-state index in [1.807, 2.05) is 0 Å². The molecule has 0 unspecified atom stereocenters. The molecule has 92 valence electrons. The summed E-state index contributed by atoms with van der Waals surface area (Å²) in [5.41, 5.74) is 0.426. The lowest BCUT2D eigenvalue weighted by Gasteiger charge is -2.03. The third kappa shape index (κ3) is 4.49. The first kappa shape index (κ1) is 13.4. The Labute approximate surface area is 105 Å². The van der Waals surface area contributed by atoms with Crippen molar-refractivity contribution >= 4 is 12.4 Å². The Balaban J connectivity index is 2.53. The molecule has 0 aliphatic heterocycles. The Morgan fingerprint density at radius 3 is 2.28 bits per heavy atom. The molecule has 0 heterocycles. The molecule has 0 aliphatic rings. The summed E-state index contributed by atoms with van der Waals surface area (Å²) in [4.78, 5) is 21.6. The van der Waals surface area contributed by atoms with Gasteiger partial charge in [-0.25, -0.2) is 4.79 Å². The van der Waals surface area contributed by atoms with E-state index in [1.54, 1.807) is 30.3 Å². The van der Waals surface area contributed by atoms with Gasteiger partial charge in [0.15, 0.2) is 0 Å². The van der Waals surface area contributed by atoms with Crippen LogP contribution >= 0.6 is 0 Å². The van der Waals surface area contributed by atoms with Gasteiger partial charge >= 0.3 is 5.97 Å². The molecular weight excluding hydrogens is 232 g/mol. The first-order chi connectivity index (χ1) is 8.63. The zero-order valence-electron chi connectivity index (χ0n) is 9.67. The fourth-order valence-electron chi connectivity index (χ4n) is 1.07. The first-order valence-electron chi connectivity index (χ1n) is 5.07. The van der Waals surface area contributed by atoms with E-state index in [-0.39, 0.29) is 18.0 Å². The molecule has 0 saturated carbocycles. The zero-order valence-corrected chi connectivity index (χ0v) is 9.67. The highest BCUT2D eigenvalue weighted by molar-refractivity contribution is 5.90. The van der Waals surface area contributed by atoms with Crippen LogP contribution in [0.25, 0.3) is 0 Å². The van der Waals surface area contributed by atoms with Crippen molar-refractivity contribution in [3.8, 4) is 0 Å². The van der Waals surface area contributed by atoms with Crippen LogP contribution in [0.15, 0.2) is 67.2 Å². The average Bonchev–Trinajstić information content (AvgIpc) is 2.38. The van der Waals surface area contributed by atoms with E-state index in [2.05, 4.69) is 17.9 Å². The van der Waals surface area contributed by atoms with Gasteiger partial charge in [-0.3, -0.25) is 4.79 Å². The van der Waals surface area contributed by atoms with Crippen LogP contribution in [-0.2, 0) is 14.3 Å². The zero-order chi connectivity index (χ0) is 13.4. The van der Waals surface area contributed by atoms with Crippen molar-refractivity contribution < 1.29 is 19.1 Å². The second kappa shape index (κ2) is 6.85. The molecule has 0 amide bonds. The van der Waals surface area contributed by atoms with Crippen molar-refractivity contribution in [1.29, 1.82) is 0 Å². The third-order valence-electron chi connectivity index (χ3n) is 1.89. The minimum atomic E-state index is -0.507. The van der Waals surface area contributed by atoms with Gasteiger partial charge in [0.05, 0.1) is 5.56 Å². The van der Waals surface area contributed by atoms with Gasteiger partial charge in [0.1, 0.15) is 11.5 Å². The smallest absolute Gasteiger partial charge is 0.343 e. The van der Waals surface area contributed by atoms with E-state index in [0.717, 1.165) is 0 Å².